The van der Waals surface area contributed by atoms with Crippen LogP contribution in [0.1, 0.15) is 42.6 Å². The SMILES string of the molecule is CC(C)NN.N=C(N)c1cccc(Nc2ncnn3ccc(C(=O)N4CCC(N)CC4)c23)c1. The van der Waals surface area contributed by atoms with Crippen molar-refractivity contribution in [2.75, 3.05) is 18.4 Å². The lowest BCUT2D eigenvalue weighted by atomic mass is 10.1. The van der Waals surface area contributed by atoms with E-state index in [0.29, 0.717) is 41.6 Å². The number of carbonyl (C=O) groups excluding carboxylic acids is 1. The number of aromatic nitrogens is 3. The van der Waals surface area contributed by atoms with E-state index in [-0.39, 0.29) is 17.8 Å². The van der Waals surface area contributed by atoms with Crippen LogP contribution in [0.25, 0.3) is 5.52 Å². The second kappa shape index (κ2) is 10.9. The van der Waals surface area contributed by atoms with Crippen LogP contribution in [0.3, 0.4) is 0 Å². The molecule has 0 aliphatic carbocycles. The summed E-state index contributed by atoms with van der Waals surface area (Å²) in [5, 5.41) is 15.0. The number of hydrogen-bond donors (Lipinski definition) is 6. The lowest BCUT2D eigenvalue weighted by Gasteiger charge is -2.30. The molecule has 1 aliphatic rings. The number of amidine groups is 1. The maximum Gasteiger partial charge on any atom is 0.256 e. The van der Waals surface area contributed by atoms with Crippen molar-refractivity contribution in [3.05, 3.63) is 54.0 Å². The van der Waals surface area contributed by atoms with E-state index in [4.69, 9.17) is 22.7 Å². The van der Waals surface area contributed by atoms with Gasteiger partial charge in [-0.05, 0) is 44.9 Å². The summed E-state index contributed by atoms with van der Waals surface area (Å²) in [4.78, 5) is 19.2. The quantitative estimate of drug-likeness (QED) is 0.145. The van der Waals surface area contributed by atoms with E-state index in [0.717, 1.165) is 18.5 Å². The Morgan fingerprint density at radius 1 is 1.24 bits per heavy atom. The molecule has 1 amide bonds. The number of anilines is 2. The molecule has 3 aromatic rings. The van der Waals surface area contributed by atoms with Crippen LogP contribution < -0.4 is 28.1 Å². The summed E-state index contributed by atoms with van der Waals surface area (Å²) in [5.74, 6) is 5.37. The second-order valence-electron chi connectivity index (χ2n) is 8.20. The third-order valence-electron chi connectivity index (χ3n) is 5.28. The lowest BCUT2D eigenvalue weighted by molar-refractivity contribution is 0.0717. The molecule has 9 N–H and O–H groups in total. The van der Waals surface area contributed by atoms with Gasteiger partial charge < -0.3 is 21.7 Å². The van der Waals surface area contributed by atoms with Crippen LogP contribution in [-0.2, 0) is 0 Å². The van der Waals surface area contributed by atoms with Gasteiger partial charge in [-0.1, -0.05) is 12.1 Å². The first-order chi connectivity index (χ1) is 15.8. The van der Waals surface area contributed by atoms with Crippen molar-refractivity contribution < 1.29 is 4.79 Å². The van der Waals surface area contributed by atoms with Crippen LogP contribution in [0.5, 0.6) is 0 Å². The number of likely N-dealkylation sites (tertiary alicyclic amines) is 1. The second-order valence-corrected chi connectivity index (χ2v) is 8.20. The molecular weight excluding hydrogens is 420 g/mol. The lowest BCUT2D eigenvalue weighted by Crippen LogP contribution is -2.42. The zero-order valence-corrected chi connectivity index (χ0v) is 19.0. The zero-order valence-electron chi connectivity index (χ0n) is 19.0. The molecule has 3 heterocycles. The topological polar surface area (TPSA) is 176 Å². The van der Waals surface area contributed by atoms with Gasteiger partial charge in [0.1, 0.15) is 17.7 Å². The molecule has 176 valence electrons. The van der Waals surface area contributed by atoms with Gasteiger partial charge in [0.05, 0.1) is 5.56 Å². The summed E-state index contributed by atoms with van der Waals surface area (Å²) < 4.78 is 1.63. The molecule has 1 aliphatic heterocycles. The van der Waals surface area contributed by atoms with E-state index in [2.05, 4.69) is 20.8 Å². The van der Waals surface area contributed by atoms with Gasteiger partial charge >= 0.3 is 0 Å². The molecule has 0 radical (unpaired) electrons. The van der Waals surface area contributed by atoms with E-state index in [1.54, 1.807) is 35.0 Å². The van der Waals surface area contributed by atoms with Gasteiger partial charge in [0.2, 0.25) is 0 Å². The Hall–Kier alpha value is -3.54. The van der Waals surface area contributed by atoms with Crippen LogP contribution in [-0.4, -0.2) is 56.4 Å². The smallest absolute Gasteiger partial charge is 0.256 e. The minimum absolute atomic E-state index is 0.0154. The molecule has 11 heteroatoms. The number of piperidine rings is 1. The van der Waals surface area contributed by atoms with Gasteiger partial charge in [0, 0.05) is 42.6 Å². The van der Waals surface area contributed by atoms with Crippen molar-refractivity contribution in [3.63, 3.8) is 0 Å². The van der Waals surface area contributed by atoms with Crippen molar-refractivity contribution >= 4 is 28.8 Å². The number of fused-ring (bicyclic) bond motifs is 1. The van der Waals surface area contributed by atoms with Crippen molar-refractivity contribution in [3.8, 4) is 0 Å². The number of nitrogen functional groups attached to an aromatic ring is 1. The molecule has 11 nitrogen and oxygen atoms in total. The highest BCUT2D eigenvalue weighted by molar-refractivity contribution is 6.04. The first-order valence-corrected chi connectivity index (χ1v) is 10.8. The Kier molecular flexibility index (Phi) is 7.93. The molecule has 1 saturated heterocycles. The molecule has 1 aromatic carbocycles. The van der Waals surface area contributed by atoms with Gasteiger partial charge in [-0.25, -0.2) is 9.50 Å². The Balaban J connectivity index is 0.000000555. The van der Waals surface area contributed by atoms with Gasteiger partial charge in [-0.2, -0.15) is 5.10 Å². The summed E-state index contributed by atoms with van der Waals surface area (Å²) in [6, 6.07) is 9.50. The third-order valence-corrected chi connectivity index (χ3v) is 5.28. The van der Waals surface area contributed by atoms with E-state index in [1.165, 1.54) is 6.33 Å². The fourth-order valence-corrected chi connectivity index (χ4v) is 3.39. The molecule has 2 aromatic heterocycles. The predicted molar refractivity (Wildman–Crippen MR) is 129 cm³/mol. The molecule has 0 saturated carbocycles. The number of benzene rings is 1. The number of nitrogens with zero attached hydrogens (tertiary/aromatic N) is 4. The average molecular weight is 453 g/mol. The Labute approximate surface area is 192 Å². The number of hydrogen-bond acceptors (Lipinski definition) is 8. The van der Waals surface area contributed by atoms with Crippen LogP contribution in [0.15, 0.2) is 42.9 Å². The summed E-state index contributed by atoms with van der Waals surface area (Å²) in [5.41, 5.74) is 16.5. The van der Waals surface area contributed by atoms with Crippen molar-refractivity contribution in [2.24, 2.45) is 17.3 Å². The monoisotopic (exact) mass is 452 g/mol. The predicted octanol–water partition coefficient (Wildman–Crippen LogP) is 1.18. The van der Waals surface area contributed by atoms with Crippen LogP contribution in [0.4, 0.5) is 11.5 Å². The molecular formula is C22H32N10O. The molecule has 4 rings (SSSR count). The van der Waals surface area contributed by atoms with Gasteiger partial charge in [0.25, 0.3) is 5.91 Å². The van der Waals surface area contributed by atoms with Gasteiger partial charge in [0.15, 0.2) is 5.82 Å². The minimum atomic E-state index is -0.0512. The zero-order chi connectivity index (χ0) is 24.0. The third kappa shape index (κ3) is 6.04. The van der Waals surface area contributed by atoms with E-state index in [9.17, 15) is 4.79 Å². The molecule has 0 unspecified atom stereocenters. The number of rotatable bonds is 5. The minimum Gasteiger partial charge on any atom is -0.384 e. The van der Waals surface area contributed by atoms with Crippen molar-refractivity contribution in [1.29, 1.82) is 5.41 Å². The fourth-order valence-electron chi connectivity index (χ4n) is 3.39. The summed E-state index contributed by atoms with van der Waals surface area (Å²) >= 11 is 0. The molecule has 0 bridgehead atoms. The Morgan fingerprint density at radius 2 is 1.94 bits per heavy atom. The van der Waals surface area contributed by atoms with Gasteiger partial charge in [-0.3, -0.25) is 21.5 Å². The maximum absolute atomic E-state index is 13.1. The highest BCUT2D eigenvalue weighted by atomic mass is 16.2. The molecule has 0 spiro atoms. The van der Waals surface area contributed by atoms with Crippen molar-refractivity contribution in [1.82, 2.24) is 24.9 Å². The molecule has 0 atom stereocenters. The average Bonchev–Trinajstić information content (AvgIpc) is 3.25. The van der Waals surface area contributed by atoms with Crippen LogP contribution in [0.2, 0.25) is 0 Å². The first-order valence-electron chi connectivity index (χ1n) is 10.8. The van der Waals surface area contributed by atoms with Crippen LogP contribution in [0, 0.1) is 5.41 Å². The number of carbonyl (C=O) groups is 1. The number of amides is 1. The highest BCUT2D eigenvalue weighted by Gasteiger charge is 2.25. The summed E-state index contributed by atoms with van der Waals surface area (Å²) in [6.45, 7) is 5.27. The van der Waals surface area contributed by atoms with Crippen LogP contribution >= 0.6 is 0 Å². The number of nitrogens with one attached hydrogen (secondary N) is 3. The van der Waals surface area contributed by atoms with Crippen molar-refractivity contribution in [2.45, 2.75) is 38.8 Å². The first kappa shape index (κ1) is 24.1. The summed E-state index contributed by atoms with van der Waals surface area (Å²) in [6.07, 6.45) is 4.78. The van der Waals surface area contributed by atoms with E-state index < -0.39 is 0 Å². The normalized spacial score (nSPS) is 14.2. The number of hydrazine groups is 1. The Bertz CT molecular complexity index is 1100. The van der Waals surface area contributed by atoms with E-state index >= 15 is 0 Å². The highest BCUT2D eigenvalue weighted by Crippen LogP contribution is 2.25. The van der Waals surface area contributed by atoms with E-state index in [1.807, 2.05) is 24.8 Å². The number of nitrogens with two attached hydrogens (primary N) is 3. The molecule has 33 heavy (non-hydrogen) atoms. The maximum atomic E-state index is 13.1. The fraction of sp³-hybridized carbons (Fsp3) is 0.364. The van der Waals surface area contributed by atoms with Gasteiger partial charge in [-0.15, -0.1) is 0 Å². The standard InChI is InChI=1S/C19H22N8O.C3H10N2/c20-13-4-7-26(8-5-13)19(28)15-6-9-27-16(15)18(23-11-24-27)25-14-3-1-2-12(10-14)17(21)22;1-3(2)5-4/h1-3,6,9-11,13H,4-5,7-8,20H2,(H3,21,22)(H,23,24,25);3,5H,4H2,1-2H3. The molecule has 1 fully saturated rings. The summed E-state index contributed by atoms with van der Waals surface area (Å²) in [7, 11) is 0. The largest absolute Gasteiger partial charge is 0.384 e. The Morgan fingerprint density at radius 3 is 2.58 bits per heavy atom.